The van der Waals surface area contributed by atoms with Gasteiger partial charge in [-0.15, -0.1) is 0 Å². The summed E-state index contributed by atoms with van der Waals surface area (Å²) < 4.78 is 16.8. The van der Waals surface area contributed by atoms with Crippen LogP contribution in [0.3, 0.4) is 0 Å². The Kier molecular flexibility index (Phi) is 55.9. The number of hydrogen-bond acceptors (Lipinski definition) is 6. The summed E-state index contributed by atoms with van der Waals surface area (Å²) in [7, 11) is 0. The standard InChI is InChI=1S/C65H110O6/c1-4-7-10-13-16-19-22-25-28-30-32-34-37-40-43-46-49-52-55-58-64(67)70-61-62(60-69-63(66)57-54-51-48-45-42-39-36-27-24-21-18-15-12-9-6-3)71-65(68)59-56-53-50-47-44-41-38-35-33-31-29-26-23-20-17-14-11-8-5-2/h8,11,17-18,20-21,26-27,29,33,35-36,41,44,50,53,62H,4-7,9-10,12-16,19,22-25,28,30-32,34,37-40,42-43,45-49,51-52,54-61H2,1-3H3/b11-8-,20-17-,21-18-,29-26-,35-33-,36-27-,44-41-,53-50-/t62-/m1/s1. The second-order valence-corrected chi connectivity index (χ2v) is 19.5. The third-order valence-electron chi connectivity index (χ3n) is 12.6. The van der Waals surface area contributed by atoms with Gasteiger partial charge in [-0.2, -0.15) is 0 Å². The molecular weight excluding hydrogens is 877 g/mol. The number of ether oxygens (including phenoxy) is 3. The minimum atomic E-state index is -0.824. The van der Waals surface area contributed by atoms with Gasteiger partial charge in [-0.3, -0.25) is 14.4 Å². The van der Waals surface area contributed by atoms with Gasteiger partial charge in [-0.05, 0) is 89.9 Å². The number of hydrogen-bond donors (Lipinski definition) is 0. The van der Waals surface area contributed by atoms with Gasteiger partial charge in [0.05, 0.1) is 0 Å². The maximum Gasteiger partial charge on any atom is 0.306 e. The van der Waals surface area contributed by atoms with Gasteiger partial charge in [0.15, 0.2) is 6.10 Å². The van der Waals surface area contributed by atoms with E-state index in [-0.39, 0.29) is 31.6 Å². The predicted molar refractivity (Wildman–Crippen MR) is 307 cm³/mol. The van der Waals surface area contributed by atoms with Crippen LogP contribution in [0, 0.1) is 0 Å². The fourth-order valence-corrected chi connectivity index (χ4v) is 8.15. The van der Waals surface area contributed by atoms with Crippen LogP contribution < -0.4 is 0 Å². The van der Waals surface area contributed by atoms with Crippen LogP contribution in [0.5, 0.6) is 0 Å². The van der Waals surface area contributed by atoms with Crippen molar-refractivity contribution in [2.24, 2.45) is 0 Å². The zero-order valence-electron chi connectivity index (χ0n) is 46.5. The molecule has 0 rings (SSSR count). The summed E-state index contributed by atoms with van der Waals surface area (Å²) in [5, 5.41) is 0. The van der Waals surface area contributed by atoms with Crippen LogP contribution in [0.15, 0.2) is 97.2 Å². The largest absolute Gasteiger partial charge is 0.462 e. The Bertz CT molecular complexity index is 1410. The Morgan fingerprint density at radius 2 is 0.577 bits per heavy atom. The van der Waals surface area contributed by atoms with E-state index in [0.717, 1.165) is 103 Å². The summed E-state index contributed by atoms with van der Waals surface area (Å²) in [5.74, 6) is -1.00. The summed E-state index contributed by atoms with van der Waals surface area (Å²) in [4.78, 5) is 38.2. The maximum absolute atomic E-state index is 12.8. The lowest BCUT2D eigenvalue weighted by Gasteiger charge is -2.18. The van der Waals surface area contributed by atoms with Gasteiger partial charge in [-0.25, -0.2) is 0 Å². The van der Waals surface area contributed by atoms with Gasteiger partial charge >= 0.3 is 17.9 Å². The lowest BCUT2D eigenvalue weighted by atomic mass is 10.0. The number of rotatable bonds is 53. The molecule has 6 nitrogen and oxygen atoms in total. The molecule has 0 fully saturated rings. The van der Waals surface area contributed by atoms with Crippen molar-refractivity contribution < 1.29 is 28.6 Å². The summed E-state index contributed by atoms with van der Waals surface area (Å²) in [6.45, 7) is 6.45. The third-order valence-corrected chi connectivity index (χ3v) is 12.6. The van der Waals surface area contributed by atoms with Crippen molar-refractivity contribution in [3.05, 3.63) is 97.2 Å². The highest BCUT2D eigenvalue weighted by Crippen LogP contribution is 2.16. The molecule has 0 radical (unpaired) electrons. The molecule has 0 bridgehead atoms. The molecular formula is C65H110O6. The van der Waals surface area contributed by atoms with Gasteiger partial charge in [0, 0.05) is 19.3 Å². The van der Waals surface area contributed by atoms with Crippen LogP contribution in [0.1, 0.15) is 278 Å². The number of carbonyl (C=O) groups is 3. The molecule has 0 aromatic rings. The molecule has 71 heavy (non-hydrogen) atoms. The van der Waals surface area contributed by atoms with E-state index in [9.17, 15) is 14.4 Å². The van der Waals surface area contributed by atoms with E-state index in [0.29, 0.717) is 19.3 Å². The first-order chi connectivity index (χ1) is 35.0. The lowest BCUT2D eigenvalue weighted by molar-refractivity contribution is -0.166. The SMILES string of the molecule is CC/C=C\C/C=C\C/C=C\C/C=C\C/C=C\C/C=C\CCC(=O)O[C@H](COC(=O)CCCCCCC/C=C\C/C=C\CCCCC)COC(=O)CCCCCCCCCCCCCCCCCCCCC. The number of allylic oxidation sites excluding steroid dienone is 16. The third kappa shape index (κ3) is 57.1. The maximum atomic E-state index is 12.8. The predicted octanol–water partition coefficient (Wildman–Crippen LogP) is 20.1. The van der Waals surface area contributed by atoms with E-state index < -0.39 is 12.1 Å². The van der Waals surface area contributed by atoms with E-state index >= 15 is 0 Å². The van der Waals surface area contributed by atoms with Crippen molar-refractivity contribution in [3.8, 4) is 0 Å². The molecule has 1 atom stereocenters. The number of carbonyl (C=O) groups excluding carboxylic acids is 3. The van der Waals surface area contributed by atoms with Gasteiger partial charge in [0.25, 0.3) is 0 Å². The molecule has 0 aromatic heterocycles. The molecule has 0 heterocycles. The highest BCUT2D eigenvalue weighted by molar-refractivity contribution is 5.71. The second-order valence-electron chi connectivity index (χ2n) is 19.5. The van der Waals surface area contributed by atoms with E-state index in [1.54, 1.807) is 0 Å². The summed E-state index contributed by atoms with van der Waals surface area (Å²) in [5.41, 5.74) is 0. The van der Waals surface area contributed by atoms with Crippen LogP contribution >= 0.6 is 0 Å². The van der Waals surface area contributed by atoms with Gasteiger partial charge in [-0.1, -0.05) is 266 Å². The zero-order valence-corrected chi connectivity index (χ0v) is 46.5. The van der Waals surface area contributed by atoms with Crippen molar-refractivity contribution in [2.45, 2.75) is 284 Å². The molecule has 0 aliphatic carbocycles. The number of esters is 3. The van der Waals surface area contributed by atoms with Crippen LogP contribution in [-0.4, -0.2) is 37.2 Å². The highest BCUT2D eigenvalue weighted by Gasteiger charge is 2.19. The summed E-state index contributed by atoms with van der Waals surface area (Å²) >= 11 is 0. The first kappa shape index (κ1) is 67.3. The van der Waals surface area contributed by atoms with Gasteiger partial charge in [0.1, 0.15) is 13.2 Å². The van der Waals surface area contributed by atoms with Crippen molar-refractivity contribution in [2.75, 3.05) is 13.2 Å². The van der Waals surface area contributed by atoms with Crippen LogP contribution in [0.4, 0.5) is 0 Å². The Balaban J connectivity index is 4.49. The fourth-order valence-electron chi connectivity index (χ4n) is 8.15. The molecule has 6 heteroatoms. The Labute approximate surface area is 438 Å². The highest BCUT2D eigenvalue weighted by atomic mass is 16.6. The minimum Gasteiger partial charge on any atom is -0.462 e. The first-order valence-electron chi connectivity index (χ1n) is 29.7. The van der Waals surface area contributed by atoms with Gasteiger partial charge < -0.3 is 14.2 Å². The molecule has 0 aliphatic heterocycles. The normalized spacial score (nSPS) is 12.8. The second kappa shape index (κ2) is 58.9. The van der Waals surface area contributed by atoms with E-state index in [2.05, 4.69) is 112 Å². The first-order valence-corrected chi connectivity index (χ1v) is 29.7. The van der Waals surface area contributed by atoms with E-state index in [1.165, 1.54) is 128 Å². The van der Waals surface area contributed by atoms with Gasteiger partial charge in [0.2, 0.25) is 0 Å². The summed E-state index contributed by atoms with van der Waals surface area (Å²) in [6, 6.07) is 0. The Hall–Kier alpha value is -3.67. The molecule has 0 N–H and O–H groups in total. The quantitative estimate of drug-likeness (QED) is 0.0261. The lowest BCUT2D eigenvalue weighted by Crippen LogP contribution is -2.30. The smallest absolute Gasteiger partial charge is 0.306 e. The fraction of sp³-hybridized carbons (Fsp3) is 0.708. The van der Waals surface area contributed by atoms with E-state index in [1.807, 2.05) is 6.08 Å². The summed E-state index contributed by atoms with van der Waals surface area (Å²) in [6.07, 6.45) is 78.4. The molecule has 0 spiro atoms. The van der Waals surface area contributed by atoms with Crippen molar-refractivity contribution >= 4 is 17.9 Å². The average molecular weight is 988 g/mol. The number of unbranched alkanes of at least 4 members (excludes halogenated alkanes) is 26. The van der Waals surface area contributed by atoms with Crippen molar-refractivity contribution in [1.82, 2.24) is 0 Å². The monoisotopic (exact) mass is 987 g/mol. The van der Waals surface area contributed by atoms with E-state index in [4.69, 9.17) is 14.2 Å². The zero-order chi connectivity index (χ0) is 51.4. The van der Waals surface area contributed by atoms with Crippen molar-refractivity contribution in [1.29, 1.82) is 0 Å². The molecule has 0 aliphatic rings. The van der Waals surface area contributed by atoms with Crippen molar-refractivity contribution in [3.63, 3.8) is 0 Å². The molecule has 0 saturated heterocycles. The molecule has 0 amide bonds. The Morgan fingerprint density at radius 3 is 0.944 bits per heavy atom. The molecule has 406 valence electrons. The van der Waals surface area contributed by atoms with Crippen LogP contribution in [-0.2, 0) is 28.6 Å². The van der Waals surface area contributed by atoms with Crippen LogP contribution in [0.2, 0.25) is 0 Å². The Morgan fingerprint density at radius 1 is 0.296 bits per heavy atom. The average Bonchev–Trinajstić information content (AvgIpc) is 3.37. The molecule has 0 aromatic carbocycles. The molecule has 0 saturated carbocycles. The van der Waals surface area contributed by atoms with Crippen LogP contribution in [0.25, 0.3) is 0 Å². The minimum absolute atomic E-state index is 0.111. The topological polar surface area (TPSA) is 78.9 Å². The molecule has 0 unspecified atom stereocenters.